The molecule has 150 valence electrons. The fourth-order valence-electron chi connectivity index (χ4n) is 3.95. The predicted molar refractivity (Wildman–Crippen MR) is 110 cm³/mol. The summed E-state index contributed by atoms with van der Waals surface area (Å²) in [6, 6.07) is 11.3. The van der Waals surface area contributed by atoms with Gasteiger partial charge in [-0.3, -0.25) is 4.79 Å². The first-order chi connectivity index (χ1) is 14.1. The Labute approximate surface area is 171 Å². The van der Waals surface area contributed by atoms with E-state index in [0.29, 0.717) is 45.0 Å². The lowest BCUT2D eigenvalue weighted by Crippen LogP contribution is -2.58. The van der Waals surface area contributed by atoms with E-state index in [0.717, 1.165) is 15.3 Å². The summed E-state index contributed by atoms with van der Waals surface area (Å²) in [5, 5.41) is 0.832. The molecular formula is C21H20F2N4OS. The lowest BCUT2D eigenvalue weighted by Gasteiger charge is -2.43. The zero-order chi connectivity index (χ0) is 20.0. The van der Waals surface area contributed by atoms with Crippen molar-refractivity contribution in [2.75, 3.05) is 49.1 Å². The van der Waals surface area contributed by atoms with Crippen molar-refractivity contribution in [2.24, 2.45) is 5.92 Å². The standard InChI is InChI=1S/C21H20F2N4OS/c22-15-5-6-17-19(11-15)29-21(24-17)27-12-14(13-27)20(28)26-9-7-25(8-10-26)18-4-2-1-3-16(18)23/h1-6,11,14H,7-10,12-13H2. The number of aromatic nitrogens is 1. The summed E-state index contributed by atoms with van der Waals surface area (Å²) in [5.74, 6) is -0.378. The van der Waals surface area contributed by atoms with Crippen molar-refractivity contribution in [2.45, 2.75) is 0 Å². The third kappa shape index (κ3) is 3.42. The number of thiazole rings is 1. The minimum Gasteiger partial charge on any atom is -0.366 e. The number of anilines is 2. The first-order valence-electron chi connectivity index (χ1n) is 9.68. The minimum absolute atomic E-state index is 0.0428. The van der Waals surface area contributed by atoms with E-state index >= 15 is 0 Å². The maximum absolute atomic E-state index is 14.0. The fourth-order valence-corrected chi connectivity index (χ4v) is 4.96. The van der Waals surface area contributed by atoms with Gasteiger partial charge in [-0.25, -0.2) is 13.8 Å². The molecule has 2 aromatic carbocycles. The summed E-state index contributed by atoms with van der Waals surface area (Å²) in [7, 11) is 0. The van der Waals surface area contributed by atoms with Gasteiger partial charge in [0.15, 0.2) is 5.13 Å². The molecule has 0 bridgehead atoms. The SMILES string of the molecule is O=C(C1CN(c2nc3ccc(F)cc3s2)C1)N1CCN(c2ccccc2F)CC1. The Morgan fingerprint density at radius 2 is 1.76 bits per heavy atom. The number of fused-ring (bicyclic) bond motifs is 1. The molecule has 5 nitrogen and oxygen atoms in total. The molecule has 2 aliphatic rings. The van der Waals surface area contributed by atoms with Gasteiger partial charge in [0.2, 0.25) is 5.91 Å². The lowest BCUT2D eigenvalue weighted by molar-refractivity contribution is -0.136. The number of carbonyl (C=O) groups excluding carboxylic acids is 1. The first-order valence-corrected chi connectivity index (χ1v) is 10.5. The molecule has 0 unspecified atom stereocenters. The normalized spacial score (nSPS) is 17.7. The zero-order valence-electron chi connectivity index (χ0n) is 15.7. The number of halogens is 2. The van der Waals surface area contributed by atoms with Crippen LogP contribution in [-0.2, 0) is 4.79 Å². The number of benzene rings is 2. The zero-order valence-corrected chi connectivity index (χ0v) is 16.5. The van der Waals surface area contributed by atoms with Crippen LogP contribution in [0.2, 0.25) is 0 Å². The number of para-hydroxylation sites is 1. The van der Waals surface area contributed by atoms with Crippen molar-refractivity contribution >= 4 is 38.3 Å². The molecule has 29 heavy (non-hydrogen) atoms. The molecular weight excluding hydrogens is 394 g/mol. The summed E-state index contributed by atoms with van der Waals surface area (Å²) >= 11 is 1.45. The van der Waals surface area contributed by atoms with Crippen LogP contribution in [0, 0.1) is 17.6 Å². The fraction of sp³-hybridized carbons (Fsp3) is 0.333. The van der Waals surface area contributed by atoms with Crippen LogP contribution in [0.25, 0.3) is 10.2 Å². The van der Waals surface area contributed by atoms with Gasteiger partial charge in [0.1, 0.15) is 11.6 Å². The molecule has 0 radical (unpaired) electrons. The first kappa shape index (κ1) is 18.3. The van der Waals surface area contributed by atoms with Crippen molar-refractivity contribution in [1.29, 1.82) is 0 Å². The third-order valence-corrected chi connectivity index (χ3v) is 6.70. The van der Waals surface area contributed by atoms with Gasteiger partial charge >= 0.3 is 0 Å². The van der Waals surface area contributed by atoms with Gasteiger partial charge < -0.3 is 14.7 Å². The van der Waals surface area contributed by atoms with Gasteiger partial charge in [-0.15, -0.1) is 0 Å². The van der Waals surface area contributed by atoms with Gasteiger partial charge in [0.05, 0.1) is 21.8 Å². The Balaban J connectivity index is 1.17. The molecule has 0 saturated carbocycles. The average molecular weight is 414 g/mol. The lowest BCUT2D eigenvalue weighted by atomic mass is 9.99. The highest BCUT2D eigenvalue weighted by Gasteiger charge is 2.37. The van der Waals surface area contributed by atoms with Crippen LogP contribution < -0.4 is 9.80 Å². The molecule has 0 N–H and O–H groups in total. The van der Waals surface area contributed by atoms with E-state index in [1.807, 2.05) is 15.9 Å². The van der Waals surface area contributed by atoms with Crippen LogP contribution in [0.1, 0.15) is 0 Å². The predicted octanol–water partition coefficient (Wildman–Crippen LogP) is 3.36. The maximum Gasteiger partial charge on any atom is 0.229 e. The second kappa shape index (κ2) is 7.26. The number of amides is 1. The van der Waals surface area contributed by atoms with Gasteiger partial charge in [-0.2, -0.15) is 0 Å². The number of carbonyl (C=O) groups is 1. The van der Waals surface area contributed by atoms with E-state index < -0.39 is 0 Å². The third-order valence-electron chi connectivity index (χ3n) is 5.62. The van der Waals surface area contributed by atoms with E-state index in [4.69, 9.17) is 0 Å². The molecule has 1 amide bonds. The smallest absolute Gasteiger partial charge is 0.229 e. The van der Waals surface area contributed by atoms with Crippen LogP contribution in [0.4, 0.5) is 19.6 Å². The Morgan fingerprint density at radius 3 is 2.52 bits per heavy atom. The molecule has 1 aromatic heterocycles. The van der Waals surface area contributed by atoms with Crippen LogP contribution in [0.15, 0.2) is 42.5 Å². The number of nitrogens with zero attached hydrogens (tertiary/aromatic N) is 4. The average Bonchev–Trinajstić information content (AvgIpc) is 3.10. The van der Waals surface area contributed by atoms with Gasteiger partial charge in [0, 0.05) is 39.3 Å². The van der Waals surface area contributed by atoms with Crippen LogP contribution >= 0.6 is 11.3 Å². The quantitative estimate of drug-likeness (QED) is 0.659. The Hall–Kier alpha value is -2.74. The highest BCUT2D eigenvalue weighted by atomic mass is 32.1. The Morgan fingerprint density at radius 1 is 1.00 bits per heavy atom. The largest absolute Gasteiger partial charge is 0.366 e. The number of hydrogen-bond acceptors (Lipinski definition) is 5. The van der Waals surface area contributed by atoms with Crippen molar-refractivity contribution in [3.05, 3.63) is 54.1 Å². The highest BCUT2D eigenvalue weighted by Crippen LogP contribution is 2.34. The van der Waals surface area contributed by atoms with E-state index in [1.165, 1.54) is 29.5 Å². The van der Waals surface area contributed by atoms with Crippen molar-refractivity contribution in [3.63, 3.8) is 0 Å². The van der Waals surface area contributed by atoms with E-state index in [1.54, 1.807) is 18.2 Å². The molecule has 0 atom stereocenters. The van der Waals surface area contributed by atoms with E-state index in [-0.39, 0.29) is 23.5 Å². The Kier molecular flexibility index (Phi) is 4.58. The molecule has 0 aliphatic carbocycles. The Bertz CT molecular complexity index is 1060. The number of piperazine rings is 1. The van der Waals surface area contributed by atoms with Gasteiger partial charge in [-0.05, 0) is 30.3 Å². The maximum atomic E-state index is 14.0. The molecule has 3 aromatic rings. The summed E-state index contributed by atoms with van der Waals surface area (Å²) in [4.78, 5) is 23.3. The van der Waals surface area contributed by atoms with Gasteiger partial charge in [0.25, 0.3) is 0 Å². The summed E-state index contributed by atoms with van der Waals surface area (Å²) in [5.41, 5.74) is 1.38. The topological polar surface area (TPSA) is 39.7 Å². The molecule has 3 heterocycles. The monoisotopic (exact) mass is 414 g/mol. The molecule has 2 saturated heterocycles. The number of rotatable bonds is 3. The van der Waals surface area contributed by atoms with Crippen molar-refractivity contribution in [1.82, 2.24) is 9.88 Å². The van der Waals surface area contributed by atoms with E-state index in [2.05, 4.69) is 9.88 Å². The van der Waals surface area contributed by atoms with Crippen LogP contribution in [-0.4, -0.2) is 55.1 Å². The van der Waals surface area contributed by atoms with Gasteiger partial charge in [-0.1, -0.05) is 23.5 Å². The van der Waals surface area contributed by atoms with Crippen LogP contribution in [0.3, 0.4) is 0 Å². The van der Waals surface area contributed by atoms with Crippen LogP contribution in [0.5, 0.6) is 0 Å². The summed E-state index contributed by atoms with van der Waals surface area (Å²) < 4.78 is 28.2. The molecule has 2 fully saturated rings. The highest BCUT2D eigenvalue weighted by molar-refractivity contribution is 7.22. The minimum atomic E-state index is -0.265. The second-order valence-electron chi connectivity index (χ2n) is 7.47. The number of hydrogen-bond donors (Lipinski definition) is 0. The van der Waals surface area contributed by atoms with Crippen molar-refractivity contribution < 1.29 is 13.6 Å². The second-order valence-corrected chi connectivity index (χ2v) is 8.48. The molecule has 0 spiro atoms. The molecule has 2 aliphatic heterocycles. The summed E-state index contributed by atoms with van der Waals surface area (Å²) in [6.07, 6.45) is 0. The molecule has 8 heteroatoms. The van der Waals surface area contributed by atoms with E-state index in [9.17, 15) is 13.6 Å². The molecule has 5 rings (SSSR count). The summed E-state index contributed by atoms with van der Waals surface area (Å²) in [6.45, 7) is 3.73. The van der Waals surface area contributed by atoms with Crippen molar-refractivity contribution in [3.8, 4) is 0 Å².